The van der Waals surface area contributed by atoms with Gasteiger partial charge in [0.15, 0.2) is 0 Å². The first-order valence-corrected chi connectivity index (χ1v) is 6.93. The predicted octanol–water partition coefficient (Wildman–Crippen LogP) is 4.46. The SMILES string of the molecule is CC(C)c1cc(Br)ccc1Oc1ccc(C(=O)O)nc1. The molecule has 2 aromatic rings. The number of aromatic carboxylic acids is 1. The Kier molecular flexibility index (Phi) is 4.39. The van der Waals surface area contributed by atoms with Crippen molar-refractivity contribution in [1.82, 2.24) is 4.98 Å². The largest absolute Gasteiger partial charge is 0.477 e. The lowest BCUT2D eigenvalue weighted by Crippen LogP contribution is -2.00. The van der Waals surface area contributed by atoms with Crippen LogP contribution < -0.4 is 4.74 Å². The van der Waals surface area contributed by atoms with E-state index in [0.29, 0.717) is 11.7 Å². The number of ether oxygens (including phenoxy) is 1. The third-order valence-electron chi connectivity index (χ3n) is 2.78. The summed E-state index contributed by atoms with van der Waals surface area (Å²) in [6.45, 7) is 4.17. The van der Waals surface area contributed by atoms with Gasteiger partial charge in [0.25, 0.3) is 0 Å². The van der Waals surface area contributed by atoms with Gasteiger partial charge in [-0.05, 0) is 41.8 Å². The summed E-state index contributed by atoms with van der Waals surface area (Å²) in [5.41, 5.74) is 1.07. The first-order valence-electron chi connectivity index (χ1n) is 6.14. The molecule has 0 saturated heterocycles. The number of hydrogen-bond donors (Lipinski definition) is 1. The Labute approximate surface area is 125 Å². The fraction of sp³-hybridized carbons (Fsp3) is 0.200. The predicted molar refractivity (Wildman–Crippen MR) is 79.5 cm³/mol. The second-order valence-corrected chi connectivity index (χ2v) is 5.54. The van der Waals surface area contributed by atoms with Gasteiger partial charge >= 0.3 is 5.97 Å². The van der Waals surface area contributed by atoms with Crippen LogP contribution in [0.1, 0.15) is 35.8 Å². The van der Waals surface area contributed by atoms with E-state index in [0.717, 1.165) is 15.8 Å². The van der Waals surface area contributed by atoms with Crippen molar-refractivity contribution in [2.24, 2.45) is 0 Å². The molecule has 2 rings (SSSR count). The molecule has 20 heavy (non-hydrogen) atoms. The van der Waals surface area contributed by atoms with Crippen LogP contribution in [-0.4, -0.2) is 16.1 Å². The zero-order valence-corrected chi connectivity index (χ0v) is 12.7. The smallest absolute Gasteiger partial charge is 0.354 e. The lowest BCUT2D eigenvalue weighted by molar-refractivity contribution is 0.0690. The molecular weight excluding hydrogens is 322 g/mol. The highest BCUT2D eigenvalue weighted by Crippen LogP contribution is 2.32. The van der Waals surface area contributed by atoms with Crippen molar-refractivity contribution in [3.05, 3.63) is 52.3 Å². The zero-order chi connectivity index (χ0) is 14.7. The standard InChI is InChI=1S/C15H14BrNO3/c1-9(2)12-7-10(16)3-6-14(12)20-11-4-5-13(15(18)19)17-8-11/h3-9H,1-2H3,(H,18,19). The average molecular weight is 336 g/mol. The molecule has 0 bridgehead atoms. The van der Waals surface area contributed by atoms with Gasteiger partial charge in [0.1, 0.15) is 17.2 Å². The van der Waals surface area contributed by atoms with Crippen LogP contribution >= 0.6 is 15.9 Å². The number of halogens is 1. The molecule has 0 amide bonds. The van der Waals surface area contributed by atoms with Crippen LogP contribution in [0.25, 0.3) is 0 Å². The lowest BCUT2D eigenvalue weighted by Gasteiger charge is -2.14. The quantitative estimate of drug-likeness (QED) is 0.896. The molecule has 104 valence electrons. The summed E-state index contributed by atoms with van der Waals surface area (Å²) in [5, 5.41) is 8.80. The number of carbonyl (C=O) groups is 1. The van der Waals surface area contributed by atoms with Gasteiger partial charge in [-0.1, -0.05) is 29.8 Å². The fourth-order valence-corrected chi connectivity index (χ4v) is 2.14. The number of pyridine rings is 1. The molecular formula is C15H14BrNO3. The maximum Gasteiger partial charge on any atom is 0.354 e. The van der Waals surface area contributed by atoms with E-state index < -0.39 is 5.97 Å². The molecule has 0 saturated carbocycles. The van der Waals surface area contributed by atoms with Gasteiger partial charge in [0.05, 0.1) is 6.20 Å². The highest BCUT2D eigenvalue weighted by molar-refractivity contribution is 9.10. The summed E-state index contributed by atoms with van der Waals surface area (Å²) in [5.74, 6) is 0.518. The molecule has 0 radical (unpaired) electrons. The number of carboxylic acid groups (broad SMARTS) is 1. The summed E-state index contributed by atoms with van der Waals surface area (Å²) >= 11 is 3.44. The Bertz CT molecular complexity index is 624. The van der Waals surface area contributed by atoms with Crippen molar-refractivity contribution in [2.75, 3.05) is 0 Å². The van der Waals surface area contributed by atoms with Gasteiger partial charge in [-0.15, -0.1) is 0 Å². The Balaban J connectivity index is 2.27. The van der Waals surface area contributed by atoms with E-state index in [1.54, 1.807) is 6.07 Å². The van der Waals surface area contributed by atoms with Gasteiger partial charge < -0.3 is 9.84 Å². The Morgan fingerprint density at radius 3 is 2.60 bits per heavy atom. The molecule has 1 heterocycles. The van der Waals surface area contributed by atoms with Gasteiger partial charge in [0.2, 0.25) is 0 Å². The van der Waals surface area contributed by atoms with E-state index in [9.17, 15) is 4.79 Å². The van der Waals surface area contributed by atoms with Crippen LogP contribution in [0.3, 0.4) is 0 Å². The maximum absolute atomic E-state index is 10.7. The topological polar surface area (TPSA) is 59.4 Å². The van der Waals surface area contributed by atoms with E-state index in [1.165, 1.54) is 12.3 Å². The number of carboxylic acids is 1. The first-order chi connectivity index (χ1) is 9.47. The van der Waals surface area contributed by atoms with Gasteiger partial charge in [-0.3, -0.25) is 0 Å². The third kappa shape index (κ3) is 3.36. The summed E-state index contributed by atoms with van der Waals surface area (Å²) in [7, 11) is 0. The number of hydrogen-bond acceptors (Lipinski definition) is 3. The Morgan fingerprint density at radius 1 is 1.30 bits per heavy atom. The van der Waals surface area contributed by atoms with Crippen LogP contribution in [0.4, 0.5) is 0 Å². The van der Waals surface area contributed by atoms with E-state index in [4.69, 9.17) is 9.84 Å². The maximum atomic E-state index is 10.7. The second kappa shape index (κ2) is 6.05. The summed E-state index contributed by atoms with van der Waals surface area (Å²) < 4.78 is 6.78. The van der Waals surface area contributed by atoms with Crippen molar-refractivity contribution in [3.8, 4) is 11.5 Å². The highest BCUT2D eigenvalue weighted by atomic mass is 79.9. The van der Waals surface area contributed by atoms with Crippen LogP contribution in [-0.2, 0) is 0 Å². The fourth-order valence-electron chi connectivity index (χ4n) is 1.76. The molecule has 0 aliphatic heterocycles. The molecule has 1 N–H and O–H groups in total. The van der Waals surface area contributed by atoms with Crippen LogP contribution in [0.5, 0.6) is 11.5 Å². The van der Waals surface area contributed by atoms with E-state index in [1.807, 2.05) is 18.2 Å². The minimum absolute atomic E-state index is 0.00256. The Hall–Kier alpha value is -1.88. The van der Waals surface area contributed by atoms with Crippen molar-refractivity contribution >= 4 is 21.9 Å². The van der Waals surface area contributed by atoms with Crippen molar-refractivity contribution in [3.63, 3.8) is 0 Å². The monoisotopic (exact) mass is 335 g/mol. The molecule has 5 heteroatoms. The average Bonchev–Trinajstić information content (AvgIpc) is 2.41. The van der Waals surface area contributed by atoms with Gasteiger partial charge in [-0.25, -0.2) is 9.78 Å². The minimum atomic E-state index is -1.05. The van der Waals surface area contributed by atoms with Crippen LogP contribution in [0.2, 0.25) is 0 Å². The van der Waals surface area contributed by atoms with E-state index in [2.05, 4.69) is 34.8 Å². The lowest BCUT2D eigenvalue weighted by atomic mass is 10.0. The molecule has 1 aromatic carbocycles. The van der Waals surface area contributed by atoms with Crippen molar-refractivity contribution in [1.29, 1.82) is 0 Å². The molecule has 4 nitrogen and oxygen atoms in total. The normalized spacial score (nSPS) is 10.6. The summed E-state index contributed by atoms with van der Waals surface area (Å²) in [6, 6.07) is 8.82. The third-order valence-corrected chi connectivity index (χ3v) is 3.27. The molecule has 0 atom stereocenters. The molecule has 0 spiro atoms. The van der Waals surface area contributed by atoms with E-state index in [-0.39, 0.29) is 5.69 Å². The molecule has 0 aliphatic rings. The summed E-state index contributed by atoms with van der Waals surface area (Å²) in [6.07, 6.45) is 1.41. The number of aromatic nitrogens is 1. The molecule has 0 fully saturated rings. The van der Waals surface area contributed by atoms with Crippen molar-refractivity contribution in [2.45, 2.75) is 19.8 Å². The highest BCUT2D eigenvalue weighted by Gasteiger charge is 2.10. The molecule has 0 aliphatic carbocycles. The van der Waals surface area contributed by atoms with Crippen molar-refractivity contribution < 1.29 is 14.6 Å². The number of nitrogens with zero attached hydrogens (tertiary/aromatic N) is 1. The zero-order valence-electron chi connectivity index (χ0n) is 11.1. The number of benzene rings is 1. The first kappa shape index (κ1) is 14.5. The minimum Gasteiger partial charge on any atom is -0.477 e. The molecule has 0 unspecified atom stereocenters. The second-order valence-electron chi connectivity index (χ2n) is 4.62. The van der Waals surface area contributed by atoms with Crippen LogP contribution in [0, 0.1) is 0 Å². The van der Waals surface area contributed by atoms with Gasteiger partial charge in [0, 0.05) is 4.47 Å². The summed E-state index contributed by atoms with van der Waals surface area (Å²) in [4.78, 5) is 14.6. The number of rotatable bonds is 4. The molecule has 1 aromatic heterocycles. The Morgan fingerprint density at radius 2 is 2.05 bits per heavy atom. The van der Waals surface area contributed by atoms with Gasteiger partial charge in [-0.2, -0.15) is 0 Å². The van der Waals surface area contributed by atoms with Crippen LogP contribution in [0.15, 0.2) is 41.0 Å². The van der Waals surface area contributed by atoms with E-state index >= 15 is 0 Å².